The quantitative estimate of drug-likeness (QED) is 0.352. The maximum absolute atomic E-state index is 11.3. The molecule has 0 heterocycles. The molecular weight excluding hydrogens is 316 g/mol. The van der Waals surface area contributed by atoms with Crippen molar-refractivity contribution >= 4 is 22.6 Å². The highest BCUT2D eigenvalue weighted by Gasteiger charge is 2.28. The molecule has 0 bridgehead atoms. The molecule has 5 nitrogen and oxygen atoms in total. The van der Waals surface area contributed by atoms with Crippen molar-refractivity contribution in [2.24, 2.45) is 5.92 Å². The number of aliphatic hydroxyl groups excluding tert-OH is 1. The van der Waals surface area contributed by atoms with E-state index in [0.717, 1.165) is 12.5 Å². The zero-order valence-corrected chi connectivity index (χ0v) is 17.3. The van der Waals surface area contributed by atoms with Gasteiger partial charge in [0.2, 0.25) is 0 Å². The summed E-state index contributed by atoms with van der Waals surface area (Å²) in [5.41, 5.74) is 0. The average molecular weight is 351 g/mol. The average Bonchev–Trinajstić information content (AvgIpc) is 2.32. The number of aliphatic hydroxyl groups is 1. The number of hydrogen-bond donors (Lipinski definition) is 1. The van der Waals surface area contributed by atoms with Crippen molar-refractivity contribution < 1.29 is 23.5 Å². The van der Waals surface area contributed by atoms with Crippen LogP contribution < -0.4 is 0 Å². The van der Waals surface area contributed by atoms with Crippen LogP contribution in [0, 0.1) is 5.92 Å². The van der Waals surface area contributed by atoms with E-state index in [1.165, 1.54) is 0 Å². The van der Waals surface area contributed by atoms with Crippen LogP contribution in [0.25, 0.3) is 0 Å². The maximum atomic E-state index is 11.3. The highest BCUT2D eigenvalue weighted by atomic mass is 28.4. The Kier molecular flexibility index (Phi) is 9.72. The molecule has 0 aliphatic carbocycles. The first kappa shape index (κ1) is 21.8. The van der Waals surface area contributed by atoms with Crippen LogP contribution in [0.4, 0.5) is 0 Å². The van der Waals surface area contributed by atoms with Gasteiger partial charge in [-0.05, 0) is 45.2 Å². The van der Waals surface area contributed by atoms with Crippen molar-refractivity contribution in [2.45, 2.75) is 65.2 Å². The summed E-state index contributed by atoms with van der Waals surface area (Å²) in [6.45, 7) is 15.4. The summed E-state index contributed by atoms with van der Waals surface area (Å²) in [7, 11) is -3.09. The molecule has 0 amide bonds. The van der Waals surface area contributed by atoms with Crippen LogP contribution in [0.15, 0.2) is 0 Å². The lowest BCUT2D eigenvalue weighted by atomic mass is 10.2. The van der Waals surface area contributed by atoms with Gasteiger partial charge in [0, 0.05) is 6.61 Å². The fourth-order valence-corrected chi connectivity index (χ4v) is 10.1. The molecule has 0 aliphatic heterocycles. The minimum Gasteiger partial charge on any atom is -0.463 e. The zero-order chi connectivity index (χ0) is 17.4. The van der Waals surface area contributed by atoms with E-state index in [1.807, 2.05) is 0 Å². The van der Waals surface area contributed by atoms with Crippen LogP contribution in [0.3, 0.4) is 0 Å². The van der Waals surface area contributed by atoms with E-state index < -0.39 is 22.7 Å². The molecule has 7 heteroatoms. The Morgan fingerprint density at radius 3 is 2.18 bits per heavy atom. The van der Waals surface area contributed by atoms with Gasteiger partial charge in [0.25, 0.3) is 0 Å². The van der Waals surface area contributed by atoms with Gasteiger partial charge in [-0.15, -0.1) is 0 Å². The van der Waals surface area contributed by atoms with Crippen LogP contribution in [-0.2, 0) is 18.4 Å². The molecule has 0 aromatic carbocycles. The van der Waals surface area contributed by atoms with Crippen molar-refractivity contribution in [1.29, 1.82) is 0 Å². The van der Waals surface area contributed by atoms with Crippen molar-refractivity contribution in [1.82, 2.24) is 0 Å². The van der Waals surface area contributed by atoms with Gasteiger partial charge >= 0.3 is 5.97 Å². The second-order valence-electron chi connectivity index (χ2n) is 7.59. The summed E-state index contributed by atoms with van der Waals surface area (Å²) in [6.07, 6.45) is 0.175. The van der Waals surface area contributed by atoms with Crippen LogP contribution in [0.1, 0.15) is 20.3 Å². The molecule has 0 fully saturated rings. The molecule has 0 aromatic rings. The fraction of sp³-hybridized carbons (Fsp3) is 0.933. The van der Waals surface area contributed by atoms with E-state index in [1.54, 1.807) is 13.8 Å². The first-order valence-electron chi connectivity index (χ1n) is 8.05. The normalized spacial score (nSPS) is 14.2. The second-order valence-corrected chi connectivity index (χ2v) is 16.7. The number of hydrogen-bond acceptors (Lipinski definition) is 5. The van der Waals surface area contributed by atoms with E-state index >= 15 is 0 Å². The zero-order valence-electron chi connectivity index (χ0n) is 15.3. The molecule has 132 valence electrons. The minimum atomic E-state index is -1.61. The number of carbonyl (C=O) groups excluding carboxylic acids is 1. The fourth-order valence-electron chi connectivity index (χ4n) is 2.09. The summed E-state index contributed by atoms with van der Waals surface area (Å²) in [4.78, 5) is 11.3. The number of esters is 1. The third-order valence-corrected chi connectivity index (χ3v) is 9.07. The van der Waals surface area contributed by atoms with E-state index in [-0.39, 0.29) is 25.1 Å². The first-order valence-corrected chi connectivity index (χ1v) is 14.6. The van der Waals surface area contributed by atoms with Gasteiger partial charge in [0.15, 0.2) is 16.6 Å². The predicted octanol–water partition coefficient (Wildman–Crippen LogP) is 3.01. The molecule has 1 atom stereocenters. The van der Waals surface area contributed by atoms with Gasteiger partial charge in [-0.1, -0.05) is 13.8 Å². The smallest absolute Gasteiger partial charge is 0.308 e. The van der Waals surface area contributed by atoms with E-state index in [2.05, 4.69) is 32.7 Å². The first-order chi connectivity index (χ1) is 9.93. The SMILES string of the molecule is CC(C)C(=O)OCC(O)COCCC[Si](C)(C)O[Si](C)(C)C. The summed E-state index contributed by atoms with van der Waals surface area (Å²) in [6, 6.07) is 1.05. The number of ether oxygens (including phenoxy) is 2. The van der Waals surface area contributed by atoms with Crippen molar-refractivity contribution in [3.8, 4) is 0 Å². The topological polar surface area (TPSA) is 65.0 Å². The van der Waals surface area contributed by atoms with E-state index in [0.29, 0.717) is 6.61 Å². The lowest BCUT2D eigenvalue weighted by Crippen LogP contribution is -2.42. The summed E-state index contributed by atoms with van der Waals surface area (Å²) in [5.74, 6) is -0.470. The molecule has 0 aromatic heterocycles. The predicted molar refractivity (Wildman–Crippen MR) is 94.0 cm³/mol. The van der Waals surface area contributed by atoms with Crippen molar-refractivity contribution in [2.75, 3.05) is 19.8 Å². The lowest BCUT2D eigenvalue weighted by Gasteiger charge is -2.31. The van der Waals surface area contributed by atoms with Gasteiger partial charge in [0.1, 0.15) is 12.7 Å². The maximum Gasteiger partial charge on any atom is 0.308 e. The van der Waals surface area contributed by atoms with E-state index in [9.17, 15) is 9.90 Å². The molecule has 0 saturated carbocycles. The van der Waals surface area contributed by atoms with Crippen LogP contribution in [-0.4, -0.2) is 53.6 Å². The molecule has 1 unspecified atom stereocenters. The molecule has 0 saturated heterocycles. The Morgan fingerprint density at radius 2 is 1.68 bits per heavy atom. The molecule has 0 spiro atoms. The third kappa shape index (κ3) is 12.3. The lowest BCUT2D eigenvalue weighted by molar-refractivity contribution is -0.151. The summed E-state index contributed by atoms with van der Waals surface area (Å²) >= 11 is 0. The largest absolute Gasteiger partial charge is 0.463 e. The highest BCUT2D eigenvalue weighted by molar-refractivity contribution is 6.84. The van der Waals surface area contributed by atoms with Gasteiger partial charge in [0.05, 0.1) is 12.5 Å². The molecule has 0 aliphatic rings. The van der Waals surface area contributed by atoms with Crippen molar-refractivity contribution in [3.63, 3.8) is 0 Å². The summed E-state index contributed by atoms with van der Waals surface area (Å²) < 4.78 is 16.7. The van der Waals surface area contributed by atoms with E-state index in [4.69, 9.17) is 13.6 Å². The standard InChI is InChI=1S/C15H34O5Si2/c1-13(2)15(17)19-12-14(16)11-18-9-8-10-22(6,7)20-21(3,4)5/h13-14,16H,8-12H2,1-7H3. The molecule has 0 rings (SSSR count). The van der Waals surface area contributed by atoms with Crippen LogP contribution >= 0.6 is 0 Å². The Hall–Kier alpha value is -0.216. The molecule has 22 heavy (non-hydrogen) atoms. The highest BCUT2D eigenvalue weighted by Crippen LogP contribution is 2.19. The van der Waals surface area contributed by atoms with Crippen LogP contribution in [0.5, 0.6) is 0 Å². The summed E-state index contributed by atoms with van der Waals surface area (Å²) in [5, 5.41) is 9.68. The van der Waals surface area contributed by atoms with Crippen LogP contribution in [0.2, 0.25) is 38.8 Å². The molecular formula is C15H34O5Si2. The Morgan fingerprint density at radius 1 is 1.09 bits per heavy atom. The number of rotatable bonds is 11. The van der Waals surface area contributed by atoms with Gasteiger partial charge in [-0.25, -0.2) is 0 Å². The van der Waals surface area contributed by atoms with Gasteiger partial charge in [-0.3, -0.25) is 4.79 Å². The monoisotopic (exact) mass is 350 g/mol. The second kappa shape index (κ2) is 9.82. The molecule has 1 N–H and O–H groups in total. The Balaban J connectivity index is 3.74. The third-order valence-electron chi connectivity index (χ3n) is 2.85. The Labute approximate surface area is 137 Å². The van der Waals surface area contributed by atoms with Gasteiger partial charge in [-0.2, -0.15) is 0 Å². The minimum absolute atomic E-state index is 0.00398. The Bertz CT molecular complexity index is 326. The van der Waals surface area contributed by atoms with Crippen molar-refractivity contribution in [3.05, 3.63) is 0 Å². The number of carbonyl (C=O) groups is 1. The van der Waals surface area contributed by atoms with Gasteiger partial charge < -0.3 is 18.7 Å². The molecule has 0 radical (unpaired) electrons.